The van der Waals surface area contributed by atoms with Gasteiger partial charge in [-0.25, -0.2) is 17.2 Å². The van der Waals surface area contributed by atoms with E-state index in [9.17, 15) is 22.0 Å². The van der Waals surface area contributed by atoms with E-state index in [0.29, 0.717) is 6.07 Å². The van der Waals surface area contributed by atoms with Gasteiger partial charge in [-0.2, -0.15) is 0 Å². The van der Waals surface area contributed by atoms with Crippen molar-refractivity contribution >= 4 is 15.8 Å². The molecule has 1 aromatic rings. The SMILES string of the molecule is CC(C)(C)OC(=O)CS(=O)(=O)c1ccc(F)cc1F. The molecule has 0 spiro atoms. The highest BCUT2D eigenvalue weighted by Crippen LogP contribution is 2.18. The van der Waals surface area contributed by atoms with Crippen LogP contribution in [-0.2, 0) is 19.4 Å². The largest absolute Gasteiger partial charge is 0.459 e. The summed E-state index contributed by atoms with van der Waals surface area (Å²) in [5.74, 6) is -4.11. The molecule has 0 heterocycles. The molecule has 0 aromatic heterocycles. The molecular formula is C12H14F2O4S. The number of hydrogen-bond donors (Lipinski definition) is 0. The van der Waals surface area contributed by atoms with Crippen molar-refractivity contribution in [1.29, 1.82) is 0 Å². The van der Waals surface area contributed by atoms with Gasteiger partial charge in [0.05, 0.1) is 0 Å². The Morgan fingerprint density at radius 2 is 1.84 bits per heavy atom. The number of halogens is 2. The summed E-state index contributed by atoms with van der Waals surface area (Å²) in [7, 11) is -4.20. The molecule has 0 saturated heterocycles. The van der Waals surface area contributed by atoms with Crippen molar-refractivity contribution in [3.63, 3.8) is 0 Å². The molecule has 0 bridgehead atoms. The molecule has 0 saturated carbocycles. The summed E-state index contributed by atoms with van der Waals surface area (Å²) in [6.07, 6.45) is 0. The molecule has 19 heavy (non-hydrogen) atoms. The van der Waals surface area contributed by atoms with Gasteiger partial charge in [-0.05, 0) is 32.9 Å². The minimum Gasteiger partial charge on any atom is -0.459 e. The van der Waals surface area contributed by atoms with Crippen molar-refractivity contribution in [2.24, 2.45) is 0 Å². The van der Waals surface area contributed by atoms with Crippen LogP contribution in [-0.4, -0.2) is 25.7 Å². The molecule has 4 nitrogen and oxygen atoms in total. The summed E-state index contributed by atoms with van der Waals surface area (Å²) in [5.41, 5.74) is -0.839. The Labute approximate surface area is 110 Å². The first-order chi connectivity index (χ1) is 8.51. The van der Waals surface area contributed by atoms with Gasteiger partial charge in [-0.1, -0.05) is 0 Å². The van der Waals surface area contributed by atoms with Gasteiger partial charge in [0.1, 0.15) is 22.1 Å². The highest BCUT2D eigenvalue weighted by Gasteiger charge is 2.26. The Morgan fingerprint density at radius 3 is 2.32 bits per heavy atom. The Balaban J connectivity index is 2.96. The van der Waals surface area contributed by atoms with E-state index in [-0.39, 0.29) is 0 Å². The maximum atomic E-state index is 13.4. The quantitative estimate of drug-likeness (QED) is 0.632. The molecule has 0 atom stereocenters. The van der Waals surface area contributed by atoms with Gasteiger partial charge in [0.2, 0.25) is 0 Å². The average molecular weight is 292 g/mol. The van der Waals surface area contributed by atoms with E-state index in [1.807, 2.05) is 0 Å². The van der Waals surface area contributed by atoms with Crippen LogP contribution in [0, 0.1) is 11.6 Å². The smallest absolute Gasteiger partial charge is 0.322 e. The maximum Gasteiger partial charge on any atom is 0.322 e. The summed E-state index contributed by atoms with van der Waals surface area (Å²) in [5, 5.41) is 0. The van der Waals surface area contributed by atoms with E-state index in [4.69, 9.17) is 4.74 Å². The van der Waals surface area contributed by atoms with Gasteiger partial charge in [-0.15, -0.1) is 0 Å². The van der Waals surface area contributed by atoms with Gasteiger partial charge >= 0.3 is 5.97 Å². The molecule has 0 unspecified atom stereocenters. The fourth-order valence-electron chi connectivity index (χ4n) is 1.33. The van der Waals surface area contributed by atoms with E-state index < -0.39 is 43.7 Å². The van der Waals surface area contributed by atoms with Gasteiger partial charge in [-0.3, -0.25) is 4.79 Å². The minimum absolute atomic E-state index is 0.446. The monoisotopic (exact) mass is 292 g/mol. The standard InChI is InChI=1S/C12H14F2O4S/c1-12(2,3)18-11(15)7-19(16,17)10-5-4-8(13)6-9(10)14/h4-6H,7H2,1-3H3. The second-order valence-electron chi connectivity index (χ2n) is 4.92. The Kier molecular flexibility index (Phi) is 4.29. The summed E-state index contributed by atoms with van der Waals surface area (Å²) < 4.78 is 54.5. The zero-order valence-corrected chi connectivity index (χ0v) is 11.6. The van der Waals surface area contributed by atoms with Crippen LogP contribution in [0.25, 0.3) is 0 Å². The Hall–Kier alpha value is -1.50. The third-order valence-corrected chi connectivity index (χ3v) is 3.57. The Morgan fingerprint density at radius 1 is 1.26 bits per heavy atom. The van der Waals surface area contributed by atoms with Crippen LogP contribution in [0.3, 0.4) is 0 Å². The van der Waals surface area contributed by atoms with E-state index >= 15 is 0 Å². The fraction of sp³-hybridized carbons (Fsp3) is 0.417. The Bertz CT molecular complexity index is 588. The molecular weight excluding hydrogens is 278 g/mol. The van der Waals surface area contributed by atoms with Crippen LogP contribution in [0.15, 0.2) is 23.1 Å². The van der Waals surface area contributed by atoms with Crippen molar-refractivity contribution in [3.8, 4) is 0 Å². The molecule has 1 rings (SSSR count). The summed E-state index contributed by atoms with van der Waals surface area (Å²) in [4.78, 5) is 10.7. The minimum atomic E-state index is -4.20. The van der Waals surface area contributed by atoms with Gasteiger partial charge in [0.25, 0.3) is 0 Å². The van der Waals surface area contributed by atoms with Crippen molar-refractivity contribution in [2.45, 2.75) is 31.3 Å². The third kappa shape index (κ3) is 4.59. The topological polar surface area (TPSA) is 60.4 Å². The number of rotatable bonds is 3. The second kappa shape index (κ2) is 5.24. The lowest BCUT2D eigenvalue weighted by Crippen LogP contribution is -2.28. The van der Waals surface area contributed by atoms with E-state index in [1.54, 1.807) is 20.8 Å². The molecule has 106 valence electrons. The molecule has 0 aliphatic heterocycles. The number of hydrogen-bond acceptors (Lipinski definition) is 4. The van der Waals surface area contributed by atoms with Crippen molar-refractivity contribution in [2.75, 3.05) is 5.75 Å². The van der Waals surface area contributed by atoms with Crippen molar-refractivity contribution in [1.82, 2.24) is 0 Å². The number of sulfone groups is 1. The van der Waals surface area contributed by atoms with Gasteiger partial charge < -0.3 is 4.74 Å². The summed E-state index contributed by atoms with van der Waals surface area (Å²) in [6.45, 7) is 4.74. The highest BCUT2D eigenvalue weighted by atomic mass is 32.2. The molecule has 0 radical (unpaired) electrons. The molecule has 0 aliphatic rings. The van der Waals surface area contributed by atoms with E-state index in [0.717, 1.165) is 12.1 Å². The van der Waals surface area contributed by atoms with Crippen LogP contribution in [0.5, 0.6) is 0 Å². The zero-order valence-electron chi connectivity index (χ0n) is 10.7. The predicted molar refractivity (Wildman–Crippen MR) is 64.3 cm³/mol. The number of ether oxygens (including phenoxy) is 1. The number of carbonyl (C=O) groups is 1. The lowest BCUT2D eigenvalue weighted by molar-refractivity contribution is -0.151. The van der Waals surface area contributed by atoms with Crippen molar-refractivity contribution < 1.29 is 26.7 Å². The van der Waals surface area contributed by atoms with Crippen LogP contribution < -0.4 is 0 Å². The summed E-state index contributed by atoms with van der Waals surface area (Å²) >= 11 is 0. The molecule has 0 N–H and O–H groups in total. The first-order valence-electron chi connectivity index (χ1n) is 5.41. The third-order valence-electron chi connectivity index (χ3n) is 1.96. The van der Waals surface area contributed by atoms with Crippen LogP contribution in [0.2, 0.25) is 0 Å². The van der Waals surface area contributed by atoms with E-state index in [2.05, 4.69) is 0 Å². The van der Waals surface area contributed by atoms with Crippen molar-refractivity contribution in [3.05, 3.63) is 29.8 Å². The lowest BCUT2D eigenvalue weighted by Gasteiger charge is -2.19. The highest BCUT2D eigenvalue weighted by molar-refractivity contribution is 7.92. The first-order valence-corrected chi connectivity index (χ1v) is 7.06. The zero-order chi connectivity index (χ0) is 14.8. The van der Waals surface area contributed by atoms with E-state index in [1.165, 1.54) is 0 Å². The number of carbonyl (C=O) groups excluding carboxylic acids is 1. The fourth-order valence-corrected chi connectivity index (χ4v) is 2.49. The lowest BCUT2D eigenvalue weighted by atomic mass is 10.2. The van der Waals surface area contributed by atoms with Gasteiger partial charge in [0.15, 0.2) is 15.6 Å². The molecule has 1 aromatic carbocycles. The molecule has 7 heteroatoms. The first kappa shape index (κ1) is 15.6. The van der Waals surface area contributed by atoms with Crippen LogP contribution in [0.1, 0.15) is 20.8 Å². The average Bonchev–Trinajstić information content (AvgIpc) is 2.11. The predicted octanol–water partition coefficient (Wildman–Crippen LogP) is 2.08. The number of benzene rings is 1. The van der Waals surface area contributed by atoms with Crippen LogP contribution in [0.4, 0.5) is 8.78 Å². The van der Waals surface area contributed by atoms with Crippen LogP contribution >= 0.6 is 0 Å². The van der Waals surface area contributed by atoms with Gasteiger partial charge in [0, 0.05) is 6.07 Å². The molecule has 0 aliphatic carbocycles. The molecule has 0 fully saturated rings. The number of esters is 1. The second-order valence-corrected chi connectivity index (χ2v) is 6.88. The summed E-state index contributed by atoms with van der Waals surface area (Å²) in [6, 6.07) is 2.04. The normalized spacial score (nSPS) is 12.3. The molecule has 0 amide bonds. The maximum absolute atomic E-state index is 13.4.